The molecule has 0 bridgehead atoms. The van der Waals surface area contributed by atoms with Crippen LogP contribution in [0.15, 0.2) is 18.2 Å². The Morgan fingerprint density at radius 3 is 2.52 bits per heavy atom. The van der Waals surface area contributed by atoms with Crippen LogP contribution in [0.25, 0.3) is 0 Å². The minimum Gasteiger partial charge on any atom is -0.398 e. The largest absolute Gasteiger partial charge is 0.418 e. The predicted octanol–water partition coefficient (Wildman–Crippen LogP) is 3.60. The summed E-state index contributed by atoms with van der Waals surface area (Å²) in [7, 11) is 0. The maximum atomic E-state index is 12.8. The number of halogens is 3. The van der Waals surface area contributed by atoms with Gasteiger partial charge in [-0.2, -0.15) is 13.2 Å². The molecule has 116 valence electrons. The zero-order valence-corrected chi connectivity index (χ0v) is 11.9. The van der Waals surface area contributed by atoms with E-state index in [2.05, 4.69) is 12.2 Å². The topological polar surface area (TPSA) is 55.1 Å². The van der Waals surface area contributed by atoms with E-state index in [1.54, 1.807) is 0 Å². The molecule has 1 aromatic rings. The molecule has 0 radical (unpaired) electrons. The van der Waals surface area contributed by atoms with E-state index in [-0.39, 0.29) is 16.7 Å². The molecular weight excluding hydrogens is 281 g/mol. The summed E-state index contributed by atoms with van der Waals surface area (Å²) in [6, 6.07) is 3.24. The molecule has 21 heavy (non-hydrogen) atoms. The van der Waals surface area contributed by atoms with Crippen molar-refractivity contribution in [3.63, 3.8) is 0 Å². The Morgan fingerprint density at radius 1 is 1.33 bits per heavy atom. The number of hydrogen-bond acceptors (Lipinski definition) is 2. The summed E-state index contributed by atoms with van der Waals surface area (Å²) in [5.74, 6) is -0.492. The van der Waals surface area contributed by atoms with Crippen molar-refractivity contribution in [3.8, 4) is 0 Å². The Balaban J connectivity index is 2.09. The lowest BCUT2D eigenvalue weighted by Crippen LogP contribution is -2.34. The molecule has 1 saturated carbocycles. The van der Waals surface area contributed by atoms with Gasteiger partial charge in [-0.3, -0.25) is 4.79 Å². The van der Waals surface area contributed by atoms with Crippen LogP contribution < -0.4 is 11.1 Å². The van der Waals surface area contributed by atoms with Gasteiger partial charge in [-0.05, 0) is 36.5 Å². The lowest BCUT2D eigenvalue weighted by atomic mass is 9.89. The standard InChI is InChI=1S/C15H19F3N2O/c1-14(6-2-3-7-14)9-20-13(21)10-4-5-12(19)11(8-10)15(16,17)18/h4-5,8H,2-3,6-7,9,19H2,1H3,(H,20,21). The highest BCUT2D eigenvalue weighted by Gasteiger charge is 2.34. The van der Waals surface area contributed by atoms with Gasteiger partial charge in [0.1, 0.15) is 0 Å². The van der Waals surface area contributed by atoms with Crippen LogP contribution in [-0.4, -0.2) is 12.5 Å². The van der Waals surface area contributed by atoms with Crippen LogP contribution in [0.3, 0.4) is 0 Å². The molecule has 3 N–H and O–H groups in total. The molecule has 6 heteroatoms. The van der Waals surface area contributed by atoms with E-state index >= 15 is 0 Å². The molecule has 0 atom stereocenters. The number of hydrogen-bond donors (Lipinski definition) is 2. The molecule has 1 amide bonds. The zero-order valence-electron chi connectivity index (χ0n) is 11.9. The van der Waals surface area contributed by atoms with Crippen molar-refractivity contribution < 1.29 is 18.0 Å². The van der Waals surface area contributed by atoms with Crippen LogP contribution in [0.4, 0.5) is 18.9 Å². The van der Waals surface area contributed by atoms with Gasteiger partial charge in [-0.1, -0.05) is 19.8 Å². The average molecular weight is 300 g/mol. The predicted molar refractivity (Wildman–Crippen MR) is 74.8 cm³/mol. The van der Waals surface area contributed by atoms with Gasteiger partial charge in [-0.25, -0.2) is 0 Å². The number of alkyl halides is 3. The van der Waals surface area contributed by atoms with Gasteiger partial charge in [0, 0.05) is 17.8 Å². The molecular formula is C15H19F3N2O. The molecule has 0 aromatic heterocycles. The number of nitrogens with two attached hydrogens (primary N) is 1. The summed E-state index contributed by atoms with van der Waals surface area (Å²) in [6.07, 6.45) is -0.234. The average Bonchev–Trinajstić information content (AvgIpc) is 2.83. The number of carbonyl (C=O) groups is 1. The maximum Gasteiger partial charge on any atom is 0.418 e. The highest BCUT2D eigenvalue weighted by molar-refractivity contribution is 5.94. The third-order valence-corrected chi connectivity index (χ3v) is 4.11. The molecule has 1 aliphatic carbocycles. The number of amides is 1. The molecule has 0 aliphatic heterocycles. The van der Waals surface area contributed by atoms with Gasteiger partial charge in [0.05, 0.1) is 5.56 Å². The summed E-state index contributed by atoms with van der Waals surface area (Å²) < 4.78 is 38.3. The van der Waals surface area contributed by atoms with Gasteiger partial charge >= 0.3 is 6.18 Å². The highest BCUT2D eigenvalue weighted by atomic mass is 19.4. The second kappa shape index (κ2) is 5.58. The monoisotopic (exact) mass is 300 g/mol. The number of benzene rings is 1. The number of nitrogens with one attached hydrogen (secondary N) is 1. The second-order valence-corrected chi connectivity index (χ2v) is 6.00. The SMILES string of the molecule is CC1(CNC(=O)c2ccc(N)c(C(F)(F)F)c2)CCCC1. The fraction of sp³-hybridized carbons (Fsp3) is 0.533. The number of nitrogen functional groups attached to an aromatic ring is 1. The zero-order chi connectivity index (χ0) is 15.7. The Hall–Kier alpha value is -1.72. The Morgan fingerprint density at radius 2 is 1.95 bits per heavy atom. The van der Waals surface area contributed by atoms with Gasteiger partial charge in [0.2, 0.25) is 0 Å². The maximum absolute atomic E-state index is 12.8. The molecule has 1 fully saturated rings. The van der Waals surface area contributed by atoms with Crippen molar-refractivity contribution in [3.05, 3.63) is 29.3 Å². The lowest BCUT2D eigenvalue weighted by Gasteiger charge is -2.23. The van der Waals surface area contributed by atoms with E-state index < -0.39 is 17.6 Å². The molecule has 1 aromatic carbocycles. The van der Waals surface area contributed by atoms with Crippen LogP contribution in [0.1, 0.15) is 48.5 Å². The van der Waals surface area contributed by atoms with Crippen molar-refractivity contribution in [1.82, 2.24) is 5.32 Å². The quantitative estimate of drug-likeness (QED) is 0.838. The Labute approximate surface area is 121 Å². The van der Waals surface area contributed by atoms with Crippen molar-refractivity contribution in [2.45, 2.75) is 38.8 Å². The smallest absolute Gasteiger partial charge is 0.398 e. The minimum atomic E-state index is -4.56. The van der Waals surface area contributed by atoms with Gasteiger partial charge in [0.15, 0.2) is 0 Å². The van der Waals surface area contributed by atoms with Crippen LogP contribution in [-0.2, 0) is 6.18 Å². The van der Waals surface area contributed by atoms with E-state index in [0.717, 1.165) is 37.8 Å². The number of rotatable bonds is 3. The molecule has 2 rings (SSSR count). The normalized spacial score (nSPS) is 17.7. The summed E-state index contributed by atoms with van der Waals surface area (Å²) >= 11 is 0. The van der Waals surface area contributed by atoms with E-state index in [9.17, 15) is 18.0 Å². The first-order valence-electron chi connectivity index (χ1n) is 6.96. The molecule has 0 spiro atoms. The van der Waals surface area contributed by atoms with Crippen LogP contribution in [0.2, 0.25) is 0 Å². The van der Waals surface area contributed by atoms with Crippen molar-refractivity contribution >= 4 is 11.6 Å². The fourth-order valence-electron chi connectivity index (χ4n) is 2.74. The van der Waals surface area contributed by atoms with Crippen LogP contribution in [0, 0.1) is 5.41 Å². The van der Waals surface area contributed by atoms with E-state index in [1.807, 2.05) is 0 Å². The first-order chi connectivity index (χ1) is 9.71. The van der Waals surface area contributed by atoms with Gasteiger partial charge < -0.3 is 11.1 Å². The molecule has 3 nitrogen and oxygen atoms in total. The third kappa shape index (κ3) is 3.68. The van der Waals surface area contributed by atoms with Crippen molar-refractivity contribution in [1.29, 1.82) is 0 Å². The third-order valence-electron chi connectivity index (χ3n) is 4.11. The summed E-state index contributed by atoms with van der Waals surface area (Å²) in [5, 5.41) is 2.73. The molecule has 0 heterocycles. The number of carbonyl (C=O) groups excluding carboxylic acids is 1. The molecule has 1 aliphatic rings. The number of anilines is 1. The molecule has 0 saturated heterocycles. The first-order valence-corrected chi connectivity index (χ1v) is 6.96. The Kier molecular flexibility index (Phi) is 4.16. The van der Waals surface area contributed by atoms with E-state index in [1.165, 1.54) is 6.07 Å². The van der Waals surface area contributed by atoms with Crippen LogP contribution >= 0.6 is 0 Å². The summed E-state index contributed by atoms with van der Waals surface area (Å²) in [6.45, 7) is 2.57. The highest BCUT2D eigenvalue weighted by Crippen LogP contribution is 2.37. The van der Waals surface area contributed by atoms with Gasteiger partial charge in [0.25, 0.3) is 5.91 Å². The van der Waals surface area contributed by atoms with Crippen molar-refractivity contribution in [2.75, 3.05) is 12.3 Å². The van der Waals surface area contributed by atoms with Crippen LogP contribution in [0.5, 0.6) is 0 Å². The van der Waals surface area contributed by atoms with Crippen molar-refractivity contribution in [2.24, 2.45) is 5.41 Å². The fourth-order valence-corrected chi connectivity index (χ4v) is 2.74. The molecule has 0 unspecified atom stereocenters. The minimum absolute atomic E-state index is 0.0156. The van der Waals surface area contributed by atoms with E-state index in [4.69, 9.17) is 5.73 Å². The summed E-state index contributed by atoms with van der Waals surface area (Å²) in [5.41, 5.74) is 4.01. The van der Waals surface area contributed by atoms with Gasteiger partial charge in [-0.15, -0.1) is 0 Å². The van der Waals surface area contributed by atoms with E-state index in [0.29, 0.717) is 6.54 Å². The first kappa shape index (κ1) is 15.7. The summed E-state index contributed by atoms with van der Waals surface area (Å²) in [4.78, 5) is 12.0. The Bertz CT molecular complexity index is 534. The lowest BCUT2D eigenvalue weighted by molar-refractivity contribution is -0.136. The second-order valence-electron chi connectivity index (χ2n) is 6.00.